The van der Waals surface area contributed by atoms with Crippen molar-refractivity contribution in [3.8, 4) is 0 Å². The van der Waals surface area contributed by atoms with E-state index in [1.807, 2.05) is 16.8 Å². The molecule has 1 amide bonds. The van der Waals surface area contributed by atoms with E-state index < -0.39 is 5.97 Å². The first kappa shape index (κ1) is 22.2. The van der Waals surface area contributed by atoms with Gasteiger partial charge in [-0.25, -0.2) is 0 Å². The second-order valence-corrected chi connectivity index (χ2v) is 8.95. The fourth-order valence-electron chi connectivity index (χ4n) is 4.69. The van der Waals surface area contributed by atoms with E-state index in [-0.39, 0.29) is 31.2 Å². The number of carbonyl (C=O) groups is 2. The summed E-state index contributed by atoms with van der Waals surface area (Å²) in [6, 6.07) is 0.226. The molecule has 0 aromatic rings. The molecule has 156 valence electrons. The van der Waals surface area contributed by atoms with Crippen LogP contribution in [0.3, 0.4) is 0 Å². The Kier molecular flexibility index (Phi) is 8.55. The van der Waals surface area contributed by atoms with Crippen molar-refractivity contribution in [2.45, 2.75) is 71.4 Å². The molecule has 6 heteroatoms. The van der Waals surface area contributed by atoms with Crippen LogP contribution in [0.15, 0.2) is 0 Å². The minimum Gasteiger partial charge on any atom is -0.480 e. The molecule has 0 radical (unpaired) electrons. The maximum Gasteiger partial charge on any atom is 0.317 e. The van der Waals surface area contributed by atoms with Crippen molar-refractivity contribution in [1.82, 2.24) is 9.80 Å². The van der Waals surface area contributed by atoms with Gasteiger partial charge >= 0.3 is 5.97 Å². The van der Waals surface area contributed by atoms with E-state index in [1.165, 1.54) is 12.8 Å². The molecular formula is C21H38N2O4. The second kappa shape index (κ2) is 10.4. The summed E-state index contributed by atoms with van der Waals surface area (Å²) >= 11 is 0. The predicted molar refractivity (Wildman–Crippen MR) is 106 cm³/mol. The van der Waals surface area contributed by atoms with Gasteiger partial charge in [0.1, 0.15) is 6.61 Å². The quantitative estimate of drug-likeness (QED) is 0.733. The van der Waals surface area contributed by atoms with Gasteiger partial charge in [-0.3, -0.25) is 14.5 Å². The number of carboxylic acids is 1. The van der Waals surface area contributed by atoms with Gasteiger partial charge in [0.05, 0.1) is 12.6 Å². The Morgan fingerprint density at radius 1 is 1.19 bits per heavy atom. The van der Waals surface area contributed by atoms with Crippen LogP contribution in [-0.2, 0) is 14.3 Å². The molecule has 1 saturated heterocycles. The van der Waals surface area contributed by atoms with E-state index in [1.54, 1.807) is 0 Å². The van der Waals surface area contributed by atoms with Crippen molar-refractivity contribution in [3.63, 3.8) is 0 Å². The average molecular weight is 383 g/mol. The van der Waals surface area contributed by atoms with Crippen LogP contribution in [0.1, 0.15) is 59.3 Å². The largest absolute Gasteiger partial charge is 0.480 e. The summed E-state index contributed by atoms with van der Waals surface area (Å²) in [5.74, 6) is 1.08. The lowest BCUT2D eigenvalue weighted by atomic mass is 9.75. The Labute approximate surface area is 164 Å². The summed E-state index contributed by atoms with van der Waals surface area (Å²) in [6.07, 6.45) is 6.37. The van der Waals surface area contributed by atoms with Crippen LogP contribution in [0.5, 0.6) is 0 Å². The molecule has 6 nitrogen and oxygen atoms in total. The molecule has 1 heterocycles. The summed E-state index contributed by atoms with van der Waals surface area (Å²) in [5.41, 5.74) is 0. The number of rotatable bonds is 7. The van der Waals surface area contributed by atoms with Crippen molar-refractivity contribution >= 4 is 11.9 Å². The molecule has 1 saturated carbocycles. The van der Waals surface area contributed by atoms with Crippen LogP contribution in [0, 0.1) is 17.8 Å². The summed E-state index contributed by atoms with van der Waals surface area (Å²) < 4.78 is 6.13. The SMILES string of the molecule is CC1CCC(C(C)C)C(OCC(=O)N2CCCC(N(C)CC(=O)O)CC2)C1. The molecule has 27 heavy (non-hydrogen) atoms. The van der Waals surface area contributed by atoms with E-state index in [2.05, 4.69) is 20.8 Å². The average Bonchev–Trinajstić information content (AvgIpc) is 2.85. The predicted octanol–water partition coefficient (Wildman–Crippen LogP) is 2.86. The molecule has 2 aliphatic rings. The highest BCUT2D eigenvalue weighted by Gasteiger charge is 2.32. The Hall–Kier alpha value is -1.14. The minimum atomic E-state index is -0.801. The topological polar surface area (TPSA) is 70.1 Å². The lowest BCUT2D eigenvalue weighted by Crippen LogP contribution is -2.40. The molecule has 1 aliphatic heterocycles. The van der Waals surface area contributed by atoms with Crippen molar-refractivity contribution in [1.29, 1.82) is 0 Å². The molecular weight excluding hydrogens is 344 g/mol. The number of nitrogens with zero attached hydrogens (tertiary/aromatic N) is 2. The molecule has 0 aromatic carbocycles. The third-order valence-corrected chi connectivity index (χ3v) is 6.44. The van der Waals surface area contributed by atoms with Crippen LogP contribution in [0.25, 0.3) is 0 Å². The molecule has 0 aromatic heterocycles. The normalized spacial score (nSPS) is 29.8. The van der Waals surface area contributed by atoms with E-state index in [4.69, 9.17) is 9.84 Å². The van der Waals surface area contributed by atoms with Gasteiger partial charge < -0.3 is 14.7 Å². The van der Waals surface area contributed by atoms with Crippen LogP contribution in [-0.4, -0.2) is 72.2 Å². The number of carbonyl (C=O) groups excluding carboxylic acids is 1. The fraction of sp³-hybridized carbons (Fsp3) is 0.905. The van der Waals surface area contributed by atoms with Crippen LogP contribution < -0.4 is 0 Å². The highest BCUT2D eigenvalue weighted by Crippen LogP contribution is 2.35. The molecule has 0 spiro atoms. The molecule has 0 bridgehead atoms. The molecule has 4 atom stereocenters. The second-order valence-electron chi connectivity index (χ2n) is 8.95. The zero-order valence-electron chi connectivity index (χ0n) is 17.5. The van der Waals surface area contributed by atoms with Crippen molar-refractivity contribution in [3.05, 3.63) is 0 Å². The molecule has 4 unspecified atom stereocenters. The van der Waals surface area contributed by atoms with Gasteiger partial charge in [-0.15, -0.1) is 0 Å². The van der Waals surface area contributed by atoms with E-state index >= 15 is 0 Å². The number of aliphatic carboxylic acids is 1. The van der Waals surface area contributed by atoms with Crippen LogP contribution in [0.2, 0.25) is 0 Å². The van der Waals surface area contributed by atoms with Crippen LogP contribution in [0.4, 0.5) is 0 Å². The van der Waals surface area contributed by atoms with Gasteiger partial charge in [0.15, 0.2) is 0 Å². The van der Waals surface area contributed by atoms with Gasteiger partial charge in [0.25, 0.3) is 0 Å². The fourth-order valence-corrected chi connectivity index (χ4v) is 4.69. The number of amides is 1. The van der Waals surface area contributed by atoms with Gasteiger partial charge in [-0.05, 0) is 56.9 Å². The van der Waals surface area contributed by atoms with E-state index in [9.17, 15) is 9.59 Å². The lowest BCUT2D eigenvalue weighted by molar-refractivity contribution is -0.142. The summed E-state index contributed by atoms with van der Waals surface area (Å²) in [7, 11) is 1.86. The summed E-state index contributed by atoms with van der Waals surface area (Å²) in [5, 5.41) is 8.98. The highest BCUT2D eigenvalue weighted by atomic mass is 16.5. The first-order chi connectivity index (χ1) is 12.8. The summed E-state index contributed by atoms with van der Waals surface area (Å²) in [4.78, 5) is 27.4. The lowest BCUT2D eigenvalue weighted by Gasteiger charge is -2.37. The Balaban J connectivity index is 1.82. The smallest absolute Gasteiger partial charge is 0.317 e. The third-order valence-electron chi connectivity index (χ3n) is 6.44. The van der Waals surface area contributed by atoms with E-state index in [0.29, 0.717) is 24.3 Å². The Morgan fingerprint density at radius 3 is 2.59 bits per heavy atom. The number of carboxylic acid groups (broad SMARTS) is 1. The molecule has 1 aliphatic carbocycles. The van der Waals surface area contributed by atoms with Crippen molar-refractivity contribution < 1.29 is 19.4 Å². The number of hydrogen-bond donors (Lipinski definition) is 1. The monoisotopic (exact) mass is 382 g/mol. The van der Waals surface area contributed by atoms with Gasteiger partial charge in [0, 0.05) is 19.1 Å². The van der Waals surface area contributed by atoms with Crippen molar-refractivity contribution in [2.24, 2.45) is 17.8 Å². The Morgan fingerprint density at radius 2 is 1.93 bits per heavy atom. The van der Waals surface area contributed by atoms with Crippen LogP contribution >= 0.6 is 0 Å². The Bertz CT molecular complexity index is 497. The molecule has 2 fully saturated rings. The highest BCUT2D eigenvalue weighted by molar-refractivity contribution is 5.77. The number of ether oxygens (including phenoxy) is 1. The molecule has 2 rings (SSSR count). The van der Waals surface area contributed by atoms with Gasteiger partial charge in [0.2, 0.25) is 5.91 Å². The molecule has 1 N–H and O–H groups in total. The van der Waals surface area contributed by atoms with Gasteiger partial charge in [-0.2, -0.15) is 0 Å². The third kappa shape index (κ3) is 6.75. The maximum atomic E-state index is 12.7. The minimum absolute atomic E-state index is 0.0537. The van der Waals surface area contributed by atoms with Crippen molar-refractivity contribution in [2.75, 3.05) is 33.3 Å². The summed E-state index contributed by atoms with van der Waals surface area (Å²) in [6.45, 7) is 8.44. The maximum absolute atomic E-state index is 12.7. The zero-order chi connectivity index (χ0) is 20.0. The van der Waals surface area contributed by atoms with Gasteiger partial charge in [-0.1, -0.05) is 27.2 Å². The standard InChI is InChI=1S/C21H38N2O4/c1-15(2)18-8-7-16(3)12-19(18)27-14-20(24)23-10-5-6-17(9-11-23)22(4)13-21(25)26/h15-19H,5-14H2,1-4H3,(H,25,26). The zero-order valence-corrected chi connectivity index (χ0v) is 17.5. The number of likely N-dealkylation sites (tertiary alicyclic amines) is 1. The van der Waals surface area contributed by atoms with E-state index in [0.717, 1.165) is 32.2 Å². The first-order valence-corrected chi connectivity index (χ1v) is 10.6. The number of hydrogen-bond acceptors (Lipinski definition) is 4. The first-order valence-electron chi connectivity index (χ1n) is 10.6. The number of likely N-dealkylation sites (N-methyl/N-ethyl adjacent to an activating group) is 1.